The molecule has 170 valence electrons. The van der Waals surface area contributed by atoms with Crippen LogP contribution in [0.5, 0.6) is 0 Å². The largest absolute Gasteiger partial charge is 0.452 e. The van der Waals surface area contributed by atoms with Gasteiger partial charge in [-0.2, -0.15) is 0 Å². The molecule has 2 aromatic rings. The number of carbonyl (C=O) groups is 5. The summed E-state index contributed by atoms with van der Waals surface area (Å²) in [4.78, 5) is 62.6. The van der Waals surface area contributed by atoms with E-state index < -0.39 is 36.3 Å². The van der Waals surface area contributed by atoms with Crippen LogP contribution in [0.25, 0.3) is 0 Å². The highest BCUT2D eigenvalue weighted by molar-refractivity contribution is 6.39. The molecule has 1 aliphatic heterocycles. The number of halogens is 1. The number of hydrogen-bond acceptors (Lipinski definition) is 6. The van der Waals surface area contributed by atoms with E-state index in [1.54, 1.807) is 24.3 Å². The molecule has 0 radical (unpaired) electrons. The summed E-state index contributed by atoms with van der Waals surface area (Å²) in [7, 11) is 0. The first-order valence-electron chi connectivity index (χ1n) is 10.4. The summed E-state index contributed by atoms with van der Waals surface area (Å²) in [5.41, 5.74) is 0.369. The molecule has 2 aromatic carbocycles. The number of rotatable bonds is 5. The molecular weight excluding hydrogens is 450 g/mol. The van der Waals surface area contributed by atoms with Gasteiger partial charge in [0, 0.05) is 6.04 Å². The van der Waals surface area contributed by atoms with E-state index in [4.69, 9.17) is 16.3 Å². The molecule has 1 aliphatic carbocycles. The summed E-state index contributed by atoms with van der Waals surface area (Å²) in [5, 5.41) is 5.04. The van der Waals surface area contributed by atoms with E-state index in [1.165, 1.54) is 18.2 Å². The lowest BCUT2D eigenvalue weighted by Crippen LogP contribution is -2.45. The van der Waals surface area contributed by atoms with Crippen molar-refractivity contribution in [2.24, 2.45) is 0 Å². The van der Waals surface area contributed by atoms with Crippen LogP contribution in [-0.2, 0) is 9.53 Å². The van der Waals surface area contributed by atoms with Gasteiger partial charge in [-0.3, -0.25) is 19.7 Å². The molecule has 5 amide bonds. The number of amides is 5. The lowest BCUT2D eigenvalue weighted by atomic mass is 10.1. The fraction of sp³-hybridized carbons (Fsp3) is 0.261. The van der Waals surface area contributed by atoms with Crippen LogP contribution in [0.4, 0.5) is 10.5 Å². The standard InChI is InChI=1S/C23H20ClN3O6/c24-17-7-3-4-8-18(17)27-20(29)15-10-9-13(11-16(15)21(27)30)22(31)33-12-19(28)26-23(32)25-14-5-1-2-6-14/h3-4,7-11,14H,1-2,5-6,12H2,(H2,25,26,28,32). The highest BCUT2D eigenvalue weighted by atomic mass is 35.5. The Hall–Kier alpha value is -3.72. The zero-order valence-electron chi connectivity index (χ0n) is 17.4. The van der Waals surface area contributed by atoms with Crippen LogP contribution in [0.2, 0.25) is 5.02 Å². The van der Waals surface area contributed by atoms with E-state index in [1.807, 2.05) is 0 Å². The SMILES string of the molecule is O=C(COC(=O)c1ccc2c(c1)C(=O)N(c1ccccc1Cl)C2=O)NC(=O)NC1CCCC1. The predicted octanol–water partition coefficient (Wildman–Crippen LogP) is 3.07. The molecule has 0 atom stereocenters. The molecule has 1 heterocycles. The molecule has 10 heteroatoms. The van der Waals surface area contributed by atoms with Gasteiger partial charge in [-0.25, -0.2) is 14.5 Å². The number of hydrogen-bond donors (Lipinski definition) is 2. The van der Waals surface area contributed by atoms with Crippen molar-refractivity contribution in [3.05, 3.63) is 64.2 Å². The Morgan fingerprint density at radius 3 is 2.42 bits per heavy atom. The molecule has 1 fully saturated rings. The summed E-state index contributed by atoms with van der Waals surface area (Å²) < 4.78 is 4.95. The monoisotopic (exact) mass is 469 g/mol. The second kappa shape index (κ2) is 9.41. The van der Waals surface area contributed by atoms with Crippen LogP contribution in [0.15, 0.2) is 42.5 Å². The summed E-state index contributed by atoms with van der Waals surface area (Å²) >= 11 is 6.13. The van der Waals surface area contributed by atoms with Gasteiger partial charge in [0.1, 0.15) is 0 Å². The van der Waals surface area contributed by atoms with Crippen LogP contribution in [0.1, 0.15) is 56.8 Å². The predicted molar refractivity (Wildman–Crippen MR) is 118 cm³/mol. The average molecular weight is 470 g/mol. The Kier molecular flexibility index (Phi) is 6.41. The fourth-order valence-electron chi connectivity index (χ4n) is 3.89. The third-order valence-corrected chi connectivity index (χ3v) is 5.81. The highest BCUT2D eigenvalue weighted by Crippen LogP contribution is 2.33. The molecule has 0 unspecified atom stereocenters. The normalized spacial score (nSPS) is 15.4. The molecule has 2 N–H and O–H groups in total. The number of carbonyl (C=O) groups excluding carboxylic acids is 5. The first-order valence-corrected chi connectivity index (χ1v) is 10.8. The van der Waals surface area contributed by atoms with Crippen molar-refractivity contribution in [1.82, 2.24) is 10.6 Å². The van der Waals surface area contributed by atoms with Crippen molar-refractivity contribution in [2.75, 3.05) is 11.5 Å². The van der Waals surface area contributed by atoms with Crippen molar-refractivity contribution < 1.29 is 28.7 Å². The summed E-state index contributed by atoms with van der Waals surface area (Å²) in [6.45, 7) is -0.674. The Labute approximate surface area is 194 Å². The van der Waals surface area contributed by atoms with Gasteiger partial charge in [0.05, 0.1) is 27.4 Å². The Balaban J connectivity index is 1.38. The number of esters is 1. The van der Waals surface area contributed by atoms with Gasteiger partial charge in [-0.1, -0.05) is 36.6 Å². The maximum Gasteiger partial charge on any atom is 0.338 e. The van der Waals surface area contributed by atoms with E-state index >= 15 is 0 Å². The third kappa shape index (κ3) is 4.73. The van der Waals surface area contributed by atoms with Gasteiger partial charge in [-0.15, -0.1) is 0 Å². The van der Waals surface area contributed by atoms with Gasteiger partial charge < -0.3 is 10.1 Å². The maximum absolute atomic E-state index is 12.8. The van der Waals surface area contributed by atoms with Gasteiger partial charge in [0.15, 0.2) is 6.61 Å². The summed E-state index contributed by atoms with van der Waals surface area (Å²) in [6, 6.07) is 9.73. The third-order valence-electron chi connectivity index (χ3n) is 5.49. The second-order valence-electron chi connectivity index (χ2n) is 7.74. The Morgan fingerprint density at radius 1 is 1.00 bits per heavy atom. The molecule has 33 heavy (non-hydrogen) atoms. The number of fused-ring (bicyclic) bond motifs is 1. The van der Waals surface area contributed by atoms with Crippen molar-refractivity contribution in [2.45, 2.75) is 31.7 Å². The lowest BCUT2D eigenvalue weighted by molar-refractivity contribution is -0.123. The second-order valence-corrected chi connectivity index (χ2v) is 8.14. The number of anilines is 1. The van der Waals surface area contributed by atoms with Crippen molar-refractivity contribution in [1.29, 1.82) is 0 Å². The minimum atomic E-state index is -0.874. The number of urea groups is 1. The smallest absolute Gasteiger partial charge is 0.338 e. The first-order chi connectivity index (χ1) is 15.8. The molecule has 9 nitrogen and oxygen atoms in total. The van der Waals surface area contributed by atoms with Crippen LogP contribution in [-0.4, -0.2) is 42.4 Å². The van der Waals surface area contributed by atoms with Crippen LogP contribution in [0, 0.1) is 0 Å². The topological polar surface area (TPSA) is 122 Å². The molecule has 0 bridgehead atoms. The number of para-hydroxylation sites is 1. The fourth-order valence-corrected chi connectivity index (χ4v) is 4.11. The minimum Gasteiger partial charge on any atom is -0.452 e. The van der Waals surface area contributed by atoms with E-state index in [2.05, 4.69) is 10.6 Å². The summed E-state index contributed by atoms with van der Waals surface area (Å²) in [6.07, 6.45) is 3.79. The average Bonchev–Trinajstić information content (AvgIpc) is 3.39. The first kappa shape index (κ1) is 22.5. The maximum atomic E-state index is 12.8. The van der Waals surface area contributed by atoms with Crippen LogP contribution >= 0.6 is 11.6 Å². The Morgan fingerprint density at radius 2 is 1.70 bits per heavy atom. The molecule has 1 saturated carbocycles. The zero-order valence-corrected chi connectivity index (χ0v) is 18.2. The van der Waals surface area contributed by atoms with Gasteiger partial charge in [0.25, 0.3) is 17.7 Å². The Bertz CT molecular complexity index is 1160. The van der Waals surface area contributed by atoms with Crippen molar-refractivity contribution in [3.8, 4) is 0 Å². The van der Waals surface area contributed by atoms with E-state index in [-0.39, 0.29) is 33.4 Å². The van der Waals surface area contributed by atoms with Gasteiger partial charge >= 0.3 is 12.0 Å². The van der Waals surface area contributed by atoms with Gasteiger partial charge in [-0.05, 0) is 43.2 Å². The van der Waals surface area contributed by atoms with Crippen molar-refractivity contribution in [3.63, 3.8) is 0 Å². The van der Waals surface area contributed by atoms with Crippen molar-refractivity contribution >= 4 is 47.0 Å². The number of ether oxygens (including phenoxy) is 1. The lowest BCUT2D eigenvalue weighted by Gasteiger charge is -2.15. The van der Waals surface area contributed by atoms with Crippen LogP contribution in [0.3, 0.4) is 0 Å². The number of nitrogens with zero attached hydrogens (tertiary/aromatic N) is 1. The summed E-state index contributed by atoms with van der Waals surface area (Å²) in [5.74, 6) is -2.84. The number of nitrogens with one attached hydrogen (secondary N) is 2. The molecule has 2 aliphatic rings. The van der Waals surface area contributed by atoms with Crippen LogP contribution < -0.4 is 15.5 Å². The quantitative estimate of drug-likeness (QED) is 0.512. The number of benzene rings is 2. The molecule has 0 aromatic heterocycles. The zero-order chi connectivity index (χ0) is 23.5. The molecule has 4 rings (SSSR count). The van der Waals surface area contributed by atoms with E-state index in [9.17, 15) is 24.0 Å². The number of imide groups is 2. The van der Waals surface area contributed by atoms with E-state index in [0.29, 0.717) is 0 Å². The highest BCUT2D eigenvalue weighted by Gasteiger charge is 2.38. The minimum absolute atomic E-state index is 0.0147. The van der Waals surface area contributed by atoms with E-state index in [0.717, 1.165) is 30.6 Å². The molecular formula is C23H20ClN3O6. The molecule has 0 spiro atoms. The molecule has 0 saturated heterocycles. The van der Waals surface area contributed by atoms with Gasteiger partial charge in [0.2, 0.25) is 0 Å².